The Morgan fingerprint density at radius 1 is 0.933 bits per heavy atom. The second-order valence-corrected chi connectivity index (χ2v) is 13.8. The standard InChI is InChI=1S/C34H27ClFIN2O6/c1-34-23(31(42)39(33(34)44)19-8-11-25(36)24(35)14-19)15-22-20(29(34)16-3-12-26(40)27(13-16)45-2)9-10-21-28(22)32(43)38(30(21)41)18-6-4-17(37)5-7-18/h3-9,11-14,21-23,28-29,40H,10,15H2,1-2H3. The van der Waals surface area contributed by atoms with Crippen molar-refractivity contribution in [2.75, 3.05) is 16.9 Å². The molecule has 7 rings (SSSR count). The van der Waals surface area contributed by atoms with E-state index >= 15 is 0 Å². The minimum absolute atomic E-state index is 0.0888. The highest BCUT2D eigenvalue weighted by Gasteiger charge is 2.67. The molecule has 1 N–H and O–H groups in total. The molecule has 2 heterocycles. The van der Waals surface area contributed by atoms with Gasteiger partial charge in [-0.15, -0.1) is 0 Å². The molecule has 230 valence electrons. The maximum atomic E-state index is 14.5. The molecule has 0 radical (unpaired) electrons. The number of phenols is 1. The zero-order valence-electron chi connectivity index (χ0n) is 24.2. The lowest BCUT2D eigenvalue weighted by Gasteiger charge is -2.49. The minimum Gasteiger partial charge on any atom is -0.504 e. The lowest BCUT2D eigenvalue weighted by atomic mass is 9.51. The van der Waals surface area contributed by atoms with E-state index in [0.29, 0.717) is 17.7 Å². The van der Waals surface area contributed by atoms with Crippen LogP contribution >= 0.6 is 34.2 Å². The zero-order chi connectivity index (χ0) is 31.9. The smallest absolute Gasteiger partial charge is 0.241 e. The summed E-state index contributed by atoms with van der Waals surface area (Å²) in [5.74, 6) is -5.54. The Morgan fingerprint density at radius 3 is 2.33 bits per heavy atom. The van der Waals surface area contributed by atoms with Crippen LogP contribution in [-0.4, -0.2) is 35.8 Å². The van der Waals surface area contributed by atoms with Gasteiger partial charge in [0.05, 0.1) is 46.7 Å². The Bertz CT molecular complexity index is 1850. The molecule has 3 aromatic rings. The summed E-state index contributed by atoms with van der Waals surface area (Å²) in [5.41, 5.74) is 0.761. The van der Waals surface area contributed by atoms with Gasteiger partial charge in [0.2, 0.25) is 23.6 Å². The number of anilines is 2. The fraction of sp³-hybridized carbons (Fsp3) is 0.294. The summed E-state index contributed by atoms with van der Waals surface area (Å²) < 4.78 is 20.5. The number of nitrogens with zero attached hydrogens (tertiary/aromatic N) is 2. The van der Waals surface area contributed by atoms with Crippen molar-refractivity contribution in [2.45, 2.75) is 25.7 Å². The zero-order valence-corrected chi connectivity index (χ0v) is 27.1. The van der Waals surface area contributed by atoms with E-state index in [4.69, 9.17) is 16.3 Å². The molecule has 1 saturated carbocycles. The number of allylic oxidation sites excluding steroid dienone is 2. The molecule has 0 aromatic heterocycles. The number of benzene rings is 3. The van der Waals surface area contributed by atoms with Crippen LogP contribution in [0, 0.1) is 38.5 Å². The first kappa shape index (κ1) is 29.9. The van der Waals surface area contributed by atoms with Crippen molar-refractivity contribution < 1.29 is 33.4 Å². The SMILES string of the molecule is COc1cc(C2C3=CCC4C(=O)N(c5ccc(I)cc5)C(=O)C4C3CC3C(=O)N(c4ccc(F)c(Cl)c4)C(=O)C32C)ccc1O. The summed E-state index contributed by atoms with van der Waals surface area (Å²) in [6.45, 7) is 1.75. The number of hydrogen-bond donors (Lipinski definition) is 1. The topological polar surface area (TPSA) is 104 Å². The maximum absolute atomic E-state index is 14.5. The molecule has 0 spiro atoms. The number of aromatic hydroxyl groups is 1. The molecule has 0 bridgehead atoms. The van der Waals surface area contributed by atoms with Crippen LogP contribution in [0.2, 0.25) is 5.02 Å². The van der Waals surface area contributed by atoms with E-state index in [9.17, 15) is 28.7 Å². The summed E-state index contributed by atoms with van der Waals surface area (Å²) in [4.78, 5) is 59.0. The average Bonchev–Trinajstić information content (AvgIpc) is 3.39. The fourth-order valence-electron chi connectivity index (χ4n) is 7.98. The number of amides is 4. The van der Waals surface area contributed by atoms with Gasteiger partial charge in [-0.1, -0.05) is 29.3 Å². The number of methoxy groups -OCH3 is 1. The molecule has 6 unspecified atom stereocenters. The molecule has 11 heteroatoms. The summed E-state index contributed by atoms with van der Waals surface area (Å²) >= 11 is 8.23. The van der Waals surface area contributed by atoms with Crippen molar-refractivity contribution in [1.82, 2.24) is 0 Å². The van der Waals surface area contributed by atoms with Crippen molar-refractivity contribution in [3.8, 4) is 11.5 Å². The first-order valence-corrected chi connectivity index (χ1v) is 16.0. The van der Waals surface area contributed by atoms with Gasteiger partial charge >= 0.3 is 0 Å². The number of carbonyl (C=O) groups excluding carboxylic acids is 4. The van der Waals surface area contributed by atoms with Crippen molar-refractivity contribution in [3.05, 3.63) is 92.3 Å². The van der Waals surface area contributed by atoms with Crippen LogP contribution in [0.4, 0.5) is 15.8 Å². The molecular weight excluding hydrogens is 714 g/mol. The Morgan fingerprint density at radius 2 is 1.64 bits per heavy atom. The number of rotatable bonds is 4. The van der Waals surface area contributed by atoms with E-state index < -0.39 is 52.6 Å². The van der Waals surface area contributed by atoms with Crippen LogP contribution in [0.25, 0.3) is 0 Å². The molecule has 6 atom stereocenters. The van der Waals surface area contributed by atoms with Crippen LogP contribution in [-0.2, 0) is 19.2 Å². The van der Waals surface area contributed by atoms with E-state index in [1.807, 2.05) is 18.2 Å². The Kier molecular flexibility index (Phi) is 7.08. The van der Waals surface area contributed by atoms with Gasteiger partial charge in [-0.2, -0.15) is 0 Å². The largest absolute Gasteiger partial charge is 0.504 e. The van der Waals surface area contributed by atoms with Gasteiger partial charge in [-0.3, -0.25) is 24.1 Å². The molecular formula is C34H27ClFIN2O6. The van der Waals surface area contributed by atoms with Crippen molar-refractivity contribution >= 4 is 69.2 Å². The summed E-state index contributed by atoms with van der Waals surface area (Å²) in [6.07, 6.45) is 2.42. The Labute approximate surface area is 276 Å². The number of halogens is 3. The van der Waals surface area contributed by atoms with E-state index in [2.05, 4.69) is 22.6 Å². The second-order valence-electron chi connectivity index (χ2n) is 12.2. The van der Waals surface area contributed by atoms with E-state index in [-0.39, 0.29) is 40.4 Å². The lowest BCUT2D eigenvalue weighted by Crippen LogP contribution is -2.48. The second kappa shape index (κ2) is 10.7. The van der Waals surface area contributed by atoms with Crippen LogP contribution in [0.3, 0.4) is 0 Å². The third kappa shape index (κ3) is 4.28. The number of carbonyl (C=O) groups is 4. The molecule has 45 heavy (non-hydrogen) atoms. The van der Waals surface area contributed by atoms with Gasteiger partial charge in [0.25, 0.3) is 0 Å². The molecule has 2 aliphatic carbocycles. The van der Waals surface area contributed by atoms with E-state index in [0.717, 1.165) is 20.1 Å². The van der Waals surface area contributed by atoms with Gasteiger partial charge in [-0.25, -0.2) is 9.29 Å². The Balaban J connectivity index is 1.37. The molecule has 4 aliphatic rings. The van der Waals surface area contributed by atoms with E-state index in [1.54, 1.807) is 31.2 Å². The van der Waals surface area contributed by atoms with Gasteiger partial charge in [0.1, 0.15) is 5.82 Å². The van der Waals surface area contributed by atoms with E-state index in [1.165, 1.54) is 30.2 Å². The highest BCUT2D eigenvalue weighted by Crippen LogP contribution is 2.64. The maximum Gasteiger partial charge on any atom is 0.241 e. The number of hydrogen-bond acceptors (Lipinski definition) is 6. The van der Waals surface area contributed by atoms with Crippen molar-refractivity contribution in [3.63, 3.8) is 0 Å². The first-order valence-electron chi connectivity index (χ1n) is 14.5. The van der Waals surface area contributed by atoms with Gasteiger partial charge in [-0.05, 0) is 108 Å². The summed E-state index contributed by atoms with van der Waals surface area (Å²) in [6, 6.07) is 15.7. The summed E-state index contributed by atoms with van der Waals surface area (Å²) in [5, 5.41) is 10.2. The normalized spacial score (nSPS) is 29.0. The van der Waals surface area contributed by atoms with Gasteiger partial charge in [0.15, 0.2) is 11.5 Å². The monoisotopic (exact) mass is 740 g/mol. The molecule has 4 amide bonds. The average molecular weight is 741 g/mol. The summed E-state index contributed by atoms with van der Waals surface area (Å²) in [7, 11) is 1.42. The molecule has 2 aliphatic heterocycles. The van der Waals surface area contributed by atoms with Crippen LogP contribution in [0.5, 0.6) is 11.5 Å². The highest BCUT2D eigenvalue weighted by molar-refractivity contribution is 14.1. The number of phenolic OH excluding ortho intramolecular Hbond substituents is 1. The van der Waals surface area contributed by atoms with Crippen LogP contribution in [0.15, 0.2) is 72.3 Å². The van der Waals surface area contributed by atoms with Gasteiger partial charge in [0, 0.05) is 9.49 Å². The van der Waals surface area contributed by atoms with Crippen LogP contribution in [0.1, 0.15) is 31.2 Å². The molecule has 2 saturated heterocycles. The van der Waals surface area contributed by atoms with Gasteiger partial charge < -0.3 is 9.84 Å². The minimum atomic E-state index is -1.31. The molecule has 3 fully saturated rings. The van der Waals surface area contributed by atoms with Crippen LogP contribution < -0.4 is 14.5 Å². The molecule has 8 nitrogen and oxygen atoms in total. The number of fused-ring (bicyclic) bond motifs is 4. The fourth-order valence-corrected chi connectivity index (χ4v) is 8.52. The Hall–Kier alpha value is -3.77. The third-order valence-electron chi connectivity index (χ3n) is 10.1. The third-order valence-corrected chi connectivity index (χ3v) is 11.1. The highest BCUT2D eigenvalue weighted by atomic mass is 127. The van der Waals surface area contributed by atoms with Crippen molar-refractivity contribution in [1.29, 1.82) is 0 Å². The first-order chi connectivity index (χ1) is 21.5. The predicted molar refractivity (Wildman–Crippen MR) is 172 cm³/mol. The lowest BCUT2D eigenvalue weighted by molar-refractivity contribution is -0.131. The quantitative estimate of drug-likeness (QED) is 0.193. The number of ether oxygens (including phenoxy) is 1. The molecule has 3 aromatic carbocycles. The number of imide groups is 2. The predicted octanol–water partition coefficient (Wildman–Crippen LogP) is 6.23. The van der Waals surface area contributed by atoms with Crippen molar-refractivity contribution in [2.24, 2.45) is 29.1 Å².